The largest absolute Gasteiger partial charge is 0.334 e. The molecule has 6 nitrogen and oxygen atoms in total. The maximum atomic E-state index is 13.1. The van der Waals surface area contributed by atoms with E-state index in [1.807, 2.05) is 60.0 Å². The molecule has 140 valence electrons. The first-order chi connectivity index (χ1) is 13.7. The van der Waals surface area contributed by atoms with Gasteiger partial charge >= 0.3 is 0 Å². The second-order valence-corrected chi connectivity index (χ2v) is 7.17. The number of nitrogens with zero attached hydrogens (tertiary/aromatic N) is 4. The Morgan fingerprint density at radius 3 is 2.82 bits per heavy atom. The van der Waals surface area contributed by atoms with Crippen molar-refractivity contribution in [3.8, 4) is 11.3 Å². The molecule has 1 aliphatic rings. The van der Waals surface area contributed by atoms with Crippen molar-refractivity contribution < 1.29 is 4.79 Å². The summed E-state index contributed by atoms with van der Waals surface area (Å²) in [5.41, 5.74) is 4.62. The molecule has 0 aliphatic carbocycles. The van der Waals surface area contributed by atoms with Gasteiger partial charge in [0.2, 0.25) is 0 Å². The highest BCUT2D eigenvalue weighted by atomic mass is 16.2. The fourth-order valence-corrected chi connectivity index (χ4v) is 3.93. The first kappa shape index (κ1) is 16.7. The standard InChI is InChI=1S/C22H21N5O/c1-15-21(27-13-7-5-11-20(27)23-15)22(28)25-17-9-3-2-8-16(17)18-14-26-12-6-4-10-19(26)24-18/h2-3,5,7-9,11,13-14H,4,6,10,12H2,1H3,(H,25,28). The molecule has 0 bridgehead atoms. The Morgan fingerprint density at radius 2 is 1.93 bits per heavy atom. The van der Waals surface area contributed by atoms with Crippen LogP contribution in [0.1, 0.15) is 34.8 Å². The Labute approximate surface area is 162 Å². The molecule has 1 aliphatic heterocycles. The molecule has 0 spiro atoms. The number of fused-ring (bicyclic) bond motifs is 2. The Morgan fingerprint density at radius 1 is 1.07 bits per heavy atom. The van der Waals surface area contributed by atoms with Gasteiger partial charge in [0.1, 0.15) is 17.2 Å². The maximum Gasteiger partial charge on any atom is 0.274 e. The van der Waals surface area contributed by atoms with Gasteiger partial charge in [-0.2, -0.15) is 0 Å². The summed E-state index contributed by atoms with van der Waals surface area (Å²) in [6.07, 6.45) is 7.34. The van der Waals surface area contributed by atoms with Gasteiger partial charge in [0.25, 0.3) is 5.91 Å². The number of rotatable bonds is 3. The summed E-state index contributed by atoms with van der Waals surface area (Å²) in [4.78, 5) is 22.4. The molecule has 3 aromatic heterocycles. The van der Waals surface area contributed by atoms with E-state index in [0.29, 0.717) is 11.4 Å². The number of hydrogen-bond donors (Lipinski definition) is 1. The molecule has 4 heterocycles. The van der Waals surface area contributed by atoms with Crippen LogP contribution in [-0.2, 0) is 13.0 Å². The van der Waals surface area contributed by atoms with Gasteiger partial charge in [0.05, 0.1) is 17.1 Å². The molecule has 1 amide bonds. The van der Waals surface area contributed by atoms with E-state index in [1.165, 1.54) is 12.8 Å². The van der Waals surface area contributed by atoms with Gasteiger partial charge in [-0.1, -0.05) is 24.3 Å². The van der Waals surface area contributed by atoms with Crippen molar-refractivity contribution in [3.63, 3.8) is 0 Å². The van der Waals surface area contributed by atoms with Crippen molar-refractivity contribution in [1.82, 2.24) is 18.9 Å². The molecule has 0 saturated carbocycles. The maximum absolute atomic E-state index is 13.1. The van der Waals surface area contributed by atoms with Crippen LogP contribution in [0.2, 0.25) is 0 Å². The fourth-order valence-electron chi connectivity index (χ4n) is 3.93. The molecule has 6 heteroatoms. The third-order valence-electron chi connectivity index (χ3n) is 5.28. The van der Waals surface area contributed by atoms with Crippen LogP contribution >= 0.6 is 0 Å². The second-order valence-electron chi connectivity index (χ2n) is 7.17. The lowest BCUT2D eigenvalue weighted by Crippen LogP contribution is -2.16. The van der Waals surface area contributed by atoms with Gasteiger partial charge in [0.15, 0.2) is 0 Å². The van der Waals surface area contributed by atoms with E-state index in [4.69, 9.17) is 4.98 Å². The van der Waals surface area contributed by atoms with Crippen LogP contribution in [0.3, 0.4) is 0 Å². The number of imidazole rings is 2. The number of anilines is 1. The number of nitrogens with one attached hydrogen (secondary N) is 1. The third kappa shape index (κ3) is 2.78. The number of benzene rings is 1. The Kier molecular flexibility index (Phi) is 3.97. The topological polar surface area (TPSA) is 64.2 Å². The third-order valence-corrected chi connectivity index (χ3v) is 5.28. The second kappa shape index (κ2) is 6.64. The number of para-hydroxylation sites is 1. The van der Waals surface area contributed by atoms with Crippen LogP contribution in [0.5, 0.6) is 0 Å². The van der Waals surface area contributed by atoms with Crippen LogP contribution < -0.4 is 5.32 Å². The SMILES string of the molecule is Cc1nc2ccccn2c1C(=O)Nc1ccccc1-c1cn2c(n1)CCCC2. The highest BCUT2D eigenvalue weighted by Crippen LogP contribution is 2.29. The van der Waals surface area contributed by atoms with E-state index in [-0.39, 0.29) is 5.91 Å². The zero-order valence-corrected chi connectivity index (χ0v) is 15.7. The first-order valence-electron chi connectivity index (χ1n) is 9.61. The molecular formula is C22H21N5O. The summed E-state index contributed by atoms with van der Waals surface area (Å²) in [7, 11) is 0. The van der Waals surface area contributed by atoms with Crippen molar-refractivity contribution in [2.75, 3.05) is 5.32 Å². The van der Waals surface area contributed by atoms with Crippen molar-refractivity contribution in [2.24, 2.45) is 0 Å². The van der Waals surface area contributed by atoms with Crippen molar-refractivity contribution in [1.29, 1.82) is 0 Å². The number of aryl methyl sites for hydroxylation is 3. The average molecular weight is 371 g/mol. The summed E-state index contributed by atoms with van der Waals surface area (Å²) >= 11 is 0. The number of hydrogen-bond acceptors (Lipinski definition) is 3. The highest BCUT2D eigenvalue weighted by molar-refractivity contribution is 6.06. The highest BCUT2D eigenvalue weighted by Gasteiger charge is 2.19. The number of carbonyl (C=O) groups excluding carboxylic acids is 1. The quantitative estimate of drug-likeness (QED) is 0.590. The lowest BCUT2D eigenvalue weighted by molar-refractivity contribution is 0.102. The van der Waals surface area contributed by atoms with Gasteiger partial charge in [-0.15, -0.1) is 0 Å². The van der Waals surface area contributed by atoms with Gasteiger partial charge in [-0.25, -0.2) is 9.97 Å². The molecule has 4 aromatic rings. The molecular weight excluding hydrogens is 350 g/mol. The smallest absolute Gasteiger partial charge is 0.274 e. The minimum Gasteiger partial charge on any atom is -0.334 e. The van der Waals surface area contributed by atoms with E-state index >= 15 is 0 Å². The number of pyridine rings is 1. The Balaban J connectivity index is 1.51. The van der Waals surface area contributed by atoms with Crippen LogP contribution in [0.15, 0.2) is 54.9 Å². The van der Waals surface area contributed by atoms with Crippen LogP contribution in [-0.4, -0.2) is 24.8 Å². The molecule has 5 rings (SSSR count). The Bertz CT molecular complexity index is 1160. The summed E-state index contributed by atoms with van der Waals surface area (Å²) in [5, 5.41) is 3.08. The molecule has 0 atom stereocenters. The molecule has 0 unspecified atom stereocenters. The molecule has 0 saturated heterocycles. The van der Waals surface area contributed by atoms with E-state index < -0.39 is 0 Å². The van der Waals surface area contributed by atoms with E-state index in [9.17, 15) is 4.79 Å². The van der Waals surface area contributed by atoms with Crippen LogP contribution in [0.4, 0.5) is 5.69 Å². The van der Waals surface area contributed by atoms with Crippen molar-refractivity contribution >= 4 is 17.2 Å². The summed E-state index contributed by atoms with van der Waals surface area (Å²) < 4.78 is 4.05. The lowest BCUT2D eigenvalue weighted by Gasteiger charge is -2.11. The molecule has 1 aromatic carbocycles. The van der Waals surface area contributed by atoms with Crippen LogP contribution in [0, 0.1) is 6.92 Å². The monoisotopic (exact) mass is 371 g/mol. The minimum atomic E-state index is -0.173. The fraction of sp³-hybridized carbons (Fsp3) is 0.227. The molecule has 1 N–H and O–H groups in total. The normalized spacial score (nSPS) is 13.5. The first-order valence-corrected chi connectivity index (χ1v) is 9.61. The Hall–Kier alpha value is -3.41. The minimum absolute atomic E-state index is 0.173. The van der Waals surface area contributed by atoms with Crippen LogP contribution in [0.25, 0.3) is 16.9 Å². The zero-order chi connectivity index (χ0) is 19.1. The molecule has 28 heavy (non-hydrogen) atoms. The number of amides is 1. The van der Waals surface area contributed by atoms with E-state index in [1.54, 1.807) is 0 Å². The summed E-state index contributed by atoms with van der Waals surface area (Å²) in [6.45, 7) is 2.87. The predicted octanol–water partition coefficient (Wildman–Crippen LogP) is 4.09. The van der Waals surface area contributed by atoms with Crippen molar-refractivity contribution in [3.05, 3.63) is 72.1 Å². The van der Waals surface area contributed by atoms with E-state index in [0.717, 1.165) is 41.4 Å². The average Bonchev–Trinajstić information content (AvgIpc) is 3.28. The molecule has 0 radical (unpaired) electrons. The summed E-state index contributed by atoms with van der Waals surface area (Å²) in [6, 6.07) is 13.5. The zero-order valence-electron chi connectivity index (χ0n) is 15.7. The van der Waals surface area contributed by atoms with Gasteiger partial charge in [-0.3, -0.25) is 9.20 Å². The van der Waals surface area contributed by atoms with Gasteiger partial charge in [-0.05, 0) is 38.0 Å². The number of aromatic nitrogens is 4. The van der Waals surface area contributed by atoms with Crippen molar-refractivity contribution in [2.45, 2.75) is 32.7 Å². The van der Waals surface area contributed by atoms with Gasteiger partial charge < -0.3 is 9.88 Å². The number of carbonyl (C=O) groups is 1. The van der Waals surface area contributed by atoms with E-state index in [2.05, 4.69) is 21.1 Å². The van der Waals surface area contributed by atoms with Gasteiger partial charge in [0, 0.05) is 30.9 Å². The predicted molar refractivity (Wildman–Crippen MR) is 108 cm³/mol. The molecule has 0 fully saturated rings. The lowest BCUT2D eigenvalue weighted by atomic mass is 10.1. The summed E-state index contributed by atoms with van der Waals surface area (Å²) in [5.74, 6) is 0.952.